The lowest BCUT2D eigenvalue weighted by Gasteiger charge is -2.24. The fraction of sp³-hybridized carbons (Fsp3) is 0.286. The van der Waals surface area contributed by atoms with Crippen molar-refractivity contribution in [2.24, 2.45) is 0 Å². The van der Waals surface area contributed by atoms with Crippen molar-refractivity contribution in [3.63, 3.8) is 0 Å². The average molecular weight is 402 g/mol. The molecule has 0 heterocycles. The topological polar surface area (TPSA) is 78.5 Å². The number of amides is 1. The Hall–Kier alpha value is -2.64. The molecule has 0 fully saturated rings. The van der Waals surface area contributed by atoms with E-state index >= 15 is 0 Å². The van der Waals surface area contributed by atoms with Crippen LogP contribution in [0.4, 0.5) is 5.69 Å². The number of nitrogens with zero attached hydrogens (tertiary/aromatic N) is 1. The zero-order valence-electron chi connectivity index (χ0n) is 16.5. The van der Waals surface area contributed by atoms with E-state index in [1.54, 1.807) is 18.2 Å². The first-order chi connectivity index (χ1) is 13.4. The predicted octanol–water partition coefficient (Wildman–Crippen LogP) is 2.56. The normalized spacial score (nSPS) is 11.5. The number of rotatable bonds is 9. The highest BCUT2D eigenvalue weighted by molar-refractivity contribution is 7.89. The molecule has 0 aromatic heterocycles. The van der Waals surface area contributed by atoms with Crippen LogP contribution >= 0.6 is 0 Å². The van der Waals surface area contributed by atoms with Gasteiger partial charge in [-0.05, 0) is 56.3 Å². The Morgan fingerprint density at radius 3 is 2.39 bits per heavy atom. The molecule has 0 saturated carbocycles. The van der Waals surface area contributed by atoms with Gasteiger partial charge in [-0.15, -0.1) is 0 Å². The molecule has 1 amide bonds. The maximum absolute atomic E-state index is 12.0. The Bertz CT molecular complexity index is 922. The first-order valence-corrected chi connectivity index (χ1v) is 10.7. The van der Waals surface area contributed by atoms with Crippen LogP contribution in [0.3, 0.4) is 0 Å². The molecule has 6 nitrogen and oxygen atoms in total. The van der Waals surface area contributed by atoms with Crippen molar-refractivity contribution < 1.29 is 13.2 Å². The number of carbonyl (C=O) groups is 1. The molecular weight excluding hydrogens is 374 g/mol. The van der Waals surface area contributed by atoms with Gasteiger partial charge in [-0.1, -0.05) is 30.3 Å². The standard InChI is InChI=1S/C21H27N3O3S/c1-4-24(20-8-6-5-7-17(20)2)16-15-23-21(25)14-11-18-9-12-19(13-10-18)28(26,27)22-3/h5-14,22H,4,15-16H2,1-3H3,(H,23,25)/b14-11+. The van der Waals surface area contributed by atoms with Gasteiger partial charge in [0.25, 0.3) is 0 Å². The van der Waals surface area contributed by atoms with E-state index in [1.165, 1.54) is 36.5 Å². The van der Waals surface area contributed by atoms with Gasteiger partial charge in [0, 0.05) is 31.4 Å². The summed E-state index contributed by atoms with van der Waals surface area (Å²) in [4.78, 5) is 14.4. The summed E-state index contributed by atoms with van der Waals surface area (Å²) in [5, 5.41) is 2.88. The van der Waals surface area contributed by atoms with Crippen molar-refractivity contribution in [2.45, 2.75) is 18.7 Å². The monoisotopic (exact) mass is 401 g/mol. The van der Waals surface area contributed by atoms with Gasteiger partial charge >= 0.3 is 0 Å². The second kappa shape index (κ2) is 10.1. The fourth-order valence-corrected chi connectivity index (χ4v) is 3.52. The third-order valence-corrected chi connectivity index (χ3v) is 5.84. The Morgan fingerprint density at radius 1 is 1.11 bits per heavy atom. The van der Waals surface area contributed by atoms with Crippen molar-refractivity contribution in [2.75, 3.05) is 31.6 Å². The molecular formula is C21H27N3O3S. The van der Waals surface area contributed by atoms with Crippen LogP contribution in [0.5, 0.6) is 0 Å². The van der Waals surface area contributed by atoms with Crippen LogP contribution < -0.4 is 14.9 Å². The van der Waals surface area contributed by atoms with Gasteiger partial charge < -0.3 is 10.2 Å². The minimum atomic E-state index is -3.45. The van der Waals surface area contributed by atoms with Crippen molar-refractivity contribution in [1.82, 2.24) is 10.0 Å². The molecule has 2 aromatic rings. The minimum absolute atomic E-state index is 0.187. The molecule has 0 aliphatic rings. The summed E-state index contributed by atoms with van der Waals surface area (Å²) in [6, 6.07) is 14.5. The molecule has 2 N–H and O–H groups in total. The third kappa shape index (κ3) is 5.94. The molecule has 2 rings (SSSR count). The summed E-state index contributed by atoms with van der Waals surface area (Å²) in [5.41, 5.74) is 3.13. The maximum atomic E-state index is 12.0. The lowest BCUT2D eigenvalue weighted by atomic mass is 10.2. The van der Waals surface area contributed by atoms with Gasteiger partial charge in [0.15, 0.2) is 0 Å². The summed E-state index contributed by atoms with van der Waals surface area (Å²) in [5.74, 6) is -0.187. The SMILES string of the molecule is CCN(CCNC(=O)/C=C/c1ccc(S(=O)(=O)NC)cc1)c1ccccc1C. The van der Waals surface area contributed by atoms with E-state index in [0.717, 1.165) is 18.7 Å². The second-order valence-electron chi connectivity index (χ2n) is 6.27. The summed E-state index contributed by atoms with van der Waals surface area (Å²) in [6.45, 7) is 6.28. The Balaban J connectivity index is 1.87. The zero-order valence-corrected chi connectivity index (χ0v) is 17.3. The molecule has 0 radical (unpaired) electrons. The molecule has 0 spiro atoms. The van der Waals surface area contributed by atoms with Crippen LogP contribution in [-0.4, -0.2) is 41.0 Å². The number of sulfonamides is 1. The molecule has 28 heavy (non-hydrogen) atoms. The number of benzene rings is 2. The van der Waals surface area contributed by atoms with Crippen LogP contribution in [0.2, 0.25) is 0 Å². The number of aryl methyl sites for hydroxylation is 1. The molecule has 0 bridgehead atoms. The van der Waals surface area contributed by atoms with E-state index in [4.69, 9.17) is 0 Å². The molecule has 0 saturated heterocycles. The fourth-order valence-electron chi connectivity index (χ4n) is 2.79. The Labute approximate surface area is 167 Å². The van der Waals surface area contributed by atoms with Crippen LogP contribution in [0.25, 0.3) is 6.08 Å². The van der Waals surface area contributed by atoms with E-state index in [9.17, 15) is 13.2 Å². The van der Waals surface area contributed by atoms with E-state index in [-0.39, 0.29) is 10.8 Å². The molecule has 7 heteroatoms. The first-order valence-electron chi connectivity index (χ1n) is 9.17. The maximum Gasteiger partial charge on any atom is 0.244 e. The highest BCUT2D eigenvalue weighted by atomic mass is 32.2. The van der Waals surface area contributed by atoms with Crippen LogP contribution in [0, 0.1) is 6.92 Å². The number of hydrogen-bond donors (Lipinski definition) is 2. The highest BCUT2D eigenvalue weighted by Crippen LogP contribution is 2.18. The van der Waals surface area contributed by atoms with Gasteiger partial charge in [-0.2, -0.15) is 0 Å². The number of carbonyl (C=O) groups excluding carboxylic acids is 1. The minimum Gasteiger partial charge on any atom is -0.370 e. The van der Waals surface area contributed by atoms with Crippen LogP contribution in [-0.2, 0) is 14.8 Å². The smallest absolute Gasteiger partial charge is 0.244 e. The van der Waals surface area contributed by atoms with Crippen molar-refractivity contribution in [3.8, 4) is 0 Å². The molecule has 0 aliphatic heterocycles. The van der Waals surface area contributed by atoms with Gasteiger partial charge in [0.2, 0.25) is 15.9 Å². The van der Waals surface area contributed by atoms with E-state index in [0.29, 0.717) is 6.54 Å². The molecule has 150 valence electrons. The predicted molar refractivity (Wildman–Crippen MR) is 114 cm³/mol. The van der Waals surface area contributed by atoms with Gasteiger partial charge in [0.05, 0.1) is 4.90 Å². The third-order valence-electron chi connectivity index (χ3n) is 4.41. The van der Waals surface area contributed by atoms with Gasteiger partial charge in [0.1, 0.15) is 0 Å². The van der Waals surface area contributed by atoms with Gasteiger partial charge in [-0.25, -0.2) is 13.1 Å². The number of likely N-dealkylation sites (N-methyl/N-ethyl adjacent to an activating group) is 1. The molecule has 0 unspecified atom stereocenters. The Morgan fingerprint density at radius 2 is 1.79 bits per heavy atom. The van der Waals surface area contributed by atoms with E-state index in [1.807, 2.05) is 12.1 Å². The number of nitrogens with one attached hydrogen (secondary N) is 2. The van der Waals surface area contributed by atoms with Crippen molar-refractivity contribution in [1.29, 1.82) is 0 Å². The highest BCUT2D eigenvalue weighted by Gasteiger charge is 2.10. The quantitative estimate of drug-likeness (QED) is 0.633. The largest absolute Gasteiger partial charge is 0.370 e. The van der Waals surface area contributed by atoms with Crippen LogP contribution in [0.1, 0.15) is 18.1 Å². The summed E-state index contributed by atoms with van der Waals surface area (Å²) in [7, 11) is -2.09. The Kier molecular flexibility index (Phi) is 7.78. The summed E-state index contributed by atoms with van der Waals surface area (Å²) >= 11 is 0. The summed E-state index contributed by atoms with van der Waals surface area (Å²) < 4.78 is 25.7. The molecule has 2 aromatic carbocycles. The summed E-state index contributed by atoms with van der Waals surface area (Å²) in [6.07, 6.45) is 3.11. The second-order valence-corrected chi connectivity index (χ2v) is 8.15. The van der Waals surface area contributed by atoms with Crippen molar-refractivity contribution >= 4 is 27.7 Å². The zero-order chi connectivity index (χ0) is 20.6. The molecule has 0 aliphatic carbocycles. The lowest BCUT2D eigenvalue weighted by molar-refractivity contribution is -0.116. The number of hydrogen-bond acceptors (Lipinski definition) is 4. The van der Waals surface area contributed by atoms with Crippen molar-refractivity contribution in [3.05, 3.63) is 65.7 Å². The van der Waals surface area contributed by atoms with E-state index in [2.05, 4.69) is 40.9 Å². The first kappa shape index (κ1) is 21.7. The number of para-hydroxylation sites is 1. The average Bonchev–Trinajstić information content (AvgIpc) is 2.71. The van der Waals surface area contributed by atoms with Gasteiger partial charge in [-0.3, -0.25) is 4.79 Å². The van der Waals surface area contributed by atoms with Crippen LogP contribution in [0.15, 0.2) is 59.5 Å². The number of anilines is 1. The molecule has 0 atom stereocenters. The van der Waals surface area contributed by atoms with E-state index < -0.39 is 10.0 Å². The lowest BCUT2D eigenvalue weighted by Crippen LogP contribution is -2.34.